The molecule has 222 valence electrons. The predicted octanol–water partition coefficient (Wildman–Crippen LogP) is 1.86. The van der Waals surface area contributed by atoms with E-state index in [2.05, 4.69) is 10.3 Å². The molecule has 0 bridgehead atoms. The Kier molecular flexibility index (Phi) is 9.47. The van der Waals surface area contributed by atoms with E-state index in [-0.39, 0.29) is 30.0 Å². The number of carbonyl (C=O) groups is 1. The normalized spacial score (nSPS) is 26.1. The zero-order chi connectivity index (χ0) is 29.4. The minimum Gasteiger partial charge on any atom is -0.394 e. The monoisotopic (exact) mass is 588 g/mol. The Morgan fingerprint density at radius 3 is 2.38 bits per heavy atom. The molecule has 2 heterocycles. The summed E-state index contributed by atoms with van der Waals surface area (Å²) < 4.78 is 47.9. The number of hydrogen-bond donors (Lipinski definition) is 4. The van der Waals surface area contributed by atoms with Gasteiger partial charge >= 0.3 is 0 Å². The second kappa shape index (κ2) is 12.3. The highest BCUT2D eigenvalue weighted by atomic mass is 32.2. The molecule has 6 atom stereocenters. The number of amides is 1. The molecule has 4 rings (SSSR count). The number of nitrogens with zero attached hydrogens (tertiary/aromatic N) is 4. The van der Waals surface area contributed by atoms with Crippen molar-refractivity contribution in [1.29, 1.82) is 0 Å². The van der Waals surface area contributed by atoms with Gasteiger partial charge in [0.15, 0.2) is 17.5 Å². The van der Waals surface area contributed by atoms with Crippen molar-refractivity contribution in [2.24, 2.45) is 5.92 Å². The van der Waals surface area contributed by atoms with Crippen LogP contribution >= 0.6 is 11.8 Å². The third-order valence-corrected chi connectivity index (χ3v) is 9.33. The maximum Gasteiger partial charge on any atom is 0.238 e. The molecule has 1 aliphatic heterocycles. The van der Waals surface area contributed by atoms with Gasteiger partial charge in [0, 0.05) is 19.2 Å². The lowest BCUT2D eigenvalue weighted by Gasteiger charge is -2.44. The maximum absolute atomic E-state index is 13.8. The van der Waals surface area contributed by atoms with E-state index in [1.807, 2.05) is 0 Å². The molecule has 0 spiro atoms. The number of aliphatic hydroxyl groups is 4. The summed E-state index contributed by atoms with van der Waals surface area (Å²) in [7, 11) is 1.67. The average Bonchev–Trinajstić information content (AvgIpc) is 3.62. The van der Waals surface area contributed by atoms with Gasteiger partial charge in [0.1, 0.15) is 40.7 Å². The number of benzene rings is 1. The first-order valence-corrected chi connectivity index (χ1v) is 14.2. The van der Waals surface area contributed by atoms with Gasteiger partial charge in [-0.2, -0.15) is 0 Å². The molecule has 0 radical (unpaired) electrons. The molecule has 1 saturated heterocycles. The van der Waals surface area contributed by atoms with Gasteiger partial charge in [-0.15, -0.1) is 16.9 Å². The summed E-state index contributed by atoms with van der Waals surface area (Å²) in [5.41, 5.74) is -2.80. The second-order valence-corrected chi connectivity index (χ2v) is 11.7. The molecular weight excluding hydrogens is 553 g/mol. The fourth-order valence-electron chi connectivity index (χ4n) is 4.90. The molecule has 4 N–H and O–H groups in total. The molecule has 14 heteroatoms. The number of carbonyl (C=O) groups excluding carboxylic acids is 1. The third kappa shape index (κ3) is 6.16. The largest absolute Gasteiger partial charge is 0.394 e. The molecule has 2 aromatic rings. The van der Waals surface area contributed by atoms with Crippen molar-refractivity contribution >= 4 is 17.7 Å². The highest BCUT2D eigenvalue weighted by Crippen LogP contribution is 2.41. The molecule has 1 saturated carbocycles. The summed E-state index contributed by atoms with van der Waals surface area (Å²) in [5.74, 6) is -4.40. The SMILES string of the molecule is CCC(O)(CC)C(S[C@@H]1O[C@H](CO)[C@H](O)[C@H](n2cc(-c3cc(F)c(F)c(F)c3)nn2)[C@H]1O)C(=O)N(C)CC1CC1. The highest BCUT2D eigenvalue weighted by molar-refractivity contribution is 8.01. The van der Waals surface area contributed by atoms with Crippen molar-refractivity contribution in [2.75, 3.05) is 20.2 Å². The van der Waals surface area contributed by atoms with Crippen molar-refractivity contribution in [3.8, 4) is 11.3 Å². The highest BCUT2D eigenvalue weighted by Gasteiger charge is 2.50. The Hall–Kier alpha value is -2.23. The standard InChI is InChI=1S/C26H35F3N4O6S/c1-4-26(38,5-2)23(24(37)32(3)10-13-6-7-13)40-25-22(36)20(21(35)18(12-34)39-25)33-11-17(30-31-33)14-8-15(27)19(29)16(28)9-14/h8-9,11,13,18,20-23,25,34-36,38H,4-7,10,12H2,1-3H3/t18-,20+,21+,22-,23?,25+/m1/s1. The first-order chi connectivity index (χ1) is 18.9. The summed E-state index contributed by atoms with van der Waals surface area (Å²) in [5, 5.41) is 50.3. The van der Waals surface area contributed by atoms with Crippen molar-refractivity contribution in [2.45, 2.75) is 80.2 Å². The number of thioether (sulfide) groups is 1. The number of hydrogen-bond acceptors (Lipinski definition) is 9. The second-order valence-electron chi connectivity index (χ2n) is 10.5. The molecule has 1 aromatic heterocycles. The minimum absolute atomic E-state index is 0.0606. The zero-order valence-corrected chi connectivity index (χ0v) is 23.3. The lowest BCUT2D eigenvalue weighted by molar-refractivity contribution is -0.179. The molecule has 10 nitrogen and oxygen atoms in total. The fraction of sp³-hybridized carbons (Fsp3) is 0.654. The van der Waals surface area contributed by atoms with Crippen LogP contribution in [0, 0.1) is 23.4 Å². The molecule has 1 amide bonds. The van der Waals surface area contributed by atoms with Crippen LogP contribution in [0.1, 0.15) is 45.6 Å². The summed E-state index contributed by atoms with van der Waals surface area (Å²) in [6.07, 6.45) is -0.432. The molecular formula is C26H35F3N4O6S. The molecule has 1 unspecified atom stereocenters. The van der Waals surface area contributed by atoms with Crippen LogP contribution in [0.25, 0.3) is 11.3 Å². The van der Waals surface area contributed by atoms with E-state index in [0.29, 0.717) is 12.5 Å². The van der Waals surface area contributed by atoms with Crippen molar-refractivity contribution in [1.82, 2.24) is 19.9 Å². The number of ether oxygens (including phenoxy) is 1. The lowest BCUT2D eigenvalue weighted by atomic mass is 9.92. The molecule has 2 fully saturated rings. The van der Waals surface area contributed by atoms with Crippen LogP contribution < -0.4 is 0 Å². The zero-order valence-electron chi connectivity index (χ0n) is 22.5. The Morgan fingerprint density at radius 2 is 1.82 bits per heavy atom. The average molecular weight is 589 g/mol. The van der Waals surface area contributed by atoms with E-state index in [4.69, 9.17) is 4.74 Å². The van der Waals surface area contributed by atoms with E-state index in [1.165, 1.54) is 6.20 Å². The Morgan fingerprint density at radius 1 is 1.20 bits per heavy atom. The van der Waals surface area contributed by atoms with Gasteiger partial charge in [-0.3, -0.25) is 4.79 Å². The summed E-state index contributed by atoms with van der Waals surface area (Å²) in [4.78, 5) is 15.1. The van der Waals surface area contributed by atoms with Gasteiger partial charge in [0.2, 0.25) is 5.91 Å². The van der Waals surface area contributed by atoms with Gasteiger partial charge < -0.3 is 30.1 Å². The number of aliphatic hydroxyl groups excluding tert-OH is 3. The van der Waals surface area contributed by atoms with Gasteiger partial charge in [-0.05, 0) is 43.7 Å². The van der Waals surface area contributed by atoms with Crippen LogP contribution in [0.2, 0.25) is 0 Å². The maximum atomic E-state index is 13.8. The van der Waals surface area contributed by atoms with E-state index < -0.39 is 64.7 Å². The number of halogens is 3. The molecule has 1 aliphatic carbocycles. The van der Waals surface area contributed by atoms with Crippen LogP contribution in [0.4, 0.5) is 13.2 Å². The first kappa shape index (κ1) is 30.7. The Bertz CT molecular complexity index is 1170. The quantitative estimate of drug-likeness (QED) is 0.290. The number of aromatic nitrogens is 3. The predicted molar refractivity (Wildman–Crippen MR) is 139 cm³/mol. The first-order valence-electron chi connectivity index (χ1n) is 13.3. The number of rotatable bonds is 11. The summed E-state index contributed by atoms with van der Waals surface area (Å²) in [6, 6.07) is 0.225. The lowest BCUT2D eigenvalue weighted by Crippen LogP contribution is -2.57. The summed E-state index contributed by atoms with van der Waals surface area (Å²) >= 11 is 0.904. The van der Waals surface area contributed by atoms with Gasteiger partial charge in [-0.25, -0.2) is 17.9 Å². The van der Waals surface area contributed by atoms with E-state index in [9.17, 15) is 38.4 Å². The minimum atomic E-state index is -1.64. The van der Waals surface area contributed by atoms with Crippen LogP contribution in [0.3, 0.4) is 0 Å². The van der Waals surface area contributed by atoms with Crippen LogP contribution in [-0.4, -0.2) is 101 Å². The van der Waals surface area contributed by atoms with Crippen molar-refractivity contribution < 1.29 is 43.1 Å². The molecule has 40 heavy (non-hydrogen) atoms. The van der Waals surface area contributed by atoms with Crippen LogP contribution in [0.5, 0.6) is 0 Å². The van der Waals surface area contributed by atoms with Crippen molar-refractivity contribution in [3.05, 3.63) is 35.8 Å². The summed E-state index contributed by atoms with van der Waals surface area (Å²) in [6.45, 7) is 3.42. The van der Waals surface area contributed by atoms with E-state index in [0.717, 1.165) is 41.4 Å². The topological polar surface area (TPSA) is 141 Å². The molecule has 2 aliphatic rings. The van der Waals surface area contributed by atoms with Gasteiger partial charge in [-0.1, -0.05) is 19.1 Å². The van der Waals surface area contributed by atoms with Gasteiger partial charge in [0.05, 0.1) is 18.4 Å². The van der Waals surface area contributed by atoms with Gasteiger partial charge in [0.25, 0.3) is 0 Å². The van der Waals surface area contributed by atoms with E-state index in [1.54, 1.807) is 25.8 Å². The molecule has 1 aromatic carbocycles. The van der Waals surface area contributed by atoms with Crippen molar-refractivity contribution in [3.63, 3.8) is 0 Å². The Labute approximate surface area is 234 Å². The Balaban J connectivity index is 1.63. The van der Waals surface area contributed by atoms with E-state index >= 15 is 0 Å². The van der Waals surface area contributed by atoms with Crippen LogP contribution in [0.15, 0.2) is 18.3 Å². The smallest absolute Gasteiger partial charge is 0.238 e. The third-order valence-electron chi connectivity index (χ3n) is 7.76. The van der Waals surface area contributed by atoms with Crippen LogP contribution in [-0.2, 0) is 9.53 Å². The fourth-order valence-corrected chi connectivity index (χ4v) is 6.58.